The summed E-state index contributed by atoms with van der Waals surface area (Å²) in [7, 11) is 0. The standard InChI is InChI=1S/C27H37F5/c1-3-5-19-8-12-21(13-9-19)22-14-10-20(11-15-22)7-4-6-18(2)23-16-24(28)26(25(29)17-23)27(30,31)32/h6,16-17,19-22H,3-5,7-15H2,1-2H3. The van der Waals surface area contributed by atoms with Crippen LogP contribution in [0.15, 0.2) is 18.2 Å². The molecule has 0 radical (unpaired) electrons. The highest BCUT2D eigenvalue weighted by Gasteiger charge is 2.38. The van der Waals surface area contributed by atoms with Gasteiger partial charge in [-0.2, -0.15) is 13.2 Å². The van der Waals surface area contributed by atoms with Crippen molar-refractivity contribution >= 4 is 5.57 Å². The van der Waals surface area contributed by atoms with Crippen molar-refractivity contribution < 1.29 is 22.0 Å². The zero-order chi connectivity index (χ0) is 23.3. The lowest BCUT2D eigenvalue weighted by atomic mass is 9.68. The van der Waals surface area contributed by atoms with Gasteiger partial charge < -0.3 is 0 Å². The minimum Gasteiger partial charge on any atom is -0.206 e. The van der Waals surface area contributed by atoms with E-state index in [0.717, 1.165) is 42.7 Å². The van der Waals surface area contributed by atoms with Gasteiger partial charge in [-0.05, 0) is 92.4 Å². The third kappa shape index (κ3) is 6.57. The first-order valence-electron chi connectivity index (χ1n) is 12.4. The Balaban J connectivity index is 1.45. The summed E-state index contributed by atoms with van der Waals surface area (Å²) in [4.78, 5) is 0. The fourth-order valence-electron chi connectivity index (χ4n) is 6.03. The molecule has 2 aliphatic rings. The Morgan fingerprint density at radius 2 is 1.31 bits per heavy atom. The Labute approximate surface area is 189 Å². The Bertz CT molecular complexity index is 740. The molecule has 0 aromatic heterocycles. The van der Waals surface area contributed by atoms with Crippen molar-refractivity contribution in [1.82, 2.24) is 0 Å². The first-order chi connectivity index (χ1) is 15.2. The van der Waals surface area contributed by atoms with Gasteiger partial charge in [0.1, 0.15) is 17.2 Å². The molecule has 180 valence electrons. The van der Waals surface area contributed by atoms with E-state index in [0.29, 0.717) is 11.5 Å². The van der Waals surface area contributed by atoms with Crippen molar-refractivity contribution in [3.8, 4) is 0 Å². The molecular formula is C27H37F5. The first kappa shape index (κ1) is 25.2. The maximum absolute atomic E-state index is 13.8. The summed E-state index contributed by atoms with van der Waals surface area (Å²) in [6.07, 6.45) is 12.1. The summed E-state index contributed by atoms with van der Waals surface area (Å²) >= 11 is 0. The van der Waals surface area contributed by atoms with Gasteiger partial charge in [0.05, 0.1) is 0 Å². The van der Waals surface area contributed by atoms with Gasteiger partial charge in [0.25, 0.3) is 0 Å². The van der Waals surface area contributed by atoms with Crippen LogP contribution in [0.25, 0.3) is 5.57 Å². The highest BCUT2D eigenvalue weighted by molar-refractivity contribution is 5.64. The number of halogens is 5. The lowest BCUT2D eigenvalue weighted by Gasteiger charge is -2.38. The molecule has 1 aromatic carbocycles. The fraction of sp³-hybridized carbons (Fsp3) is 0.704. The molecule has 32 heavy (non-hydrogen) atoms. The number of hydrogen-bond acceptors (Lipinski definition) is 0. The van der Waals surface area contributed by atoms with E-state index in [2.05, 4.69) is 6.92 Å². The monoisotopic (exact) mass is 456 g/mol. The van der Waals surface area contributed by atoms with Crippen LogP contribution in [0.5, 0.6) is 0 Å². The minimum atomic E-state index is -5.03. The van der Waals surface area contributed by atoms with Crippen LogP contribution in [0.1, 0.15) is 102 Å². The van der Waals surface area contributed by atoms with Gasteiger partial charge in [0.2, 0.25) is 0 Å². The van der Waals surface area contributed by atoms with Crippen molar-refractivity contribution in [2.75, 3.05) is 0 Å². The van der Waals surface area contributed by atoms with E-state index in [9.17, 15) is 22.0 Å². The molecule has 0 unspecified atom stereocenters. The van der Waals surface area contributed by atoms with Crippen LogP contribution in [-0.2, 0) is 6.18 Å². The van der Waals surface area contributed by atoms with Gasteiger partial charge >= 0.3 is 6.18 Å². The molecule has 1 aromatic rings. The molecule has 0 N–H and O–H groups in total. The van der Waals surface area contributed by atoms with Crippen LogP contribution in [0.4, 0.5) is 22.0 Å². The second-order valence-electron chi connectivity index (χ2n) is 10.1. The number of benzene rings is 1. The van der Waals surface area contributed by atoms with Crippen molar-refractivity contribution in [3.05, 3.63) is 41.0 Å². The lowest BCUT2D eigenvalue weighted by Crippen LogP contribution is -2.25. The SMILES string of the molecule is CCCC1CCC(C2CCC(CCC=C(C)c3cc(F)c(C(F)(F)F)c(F)c3)CC2)CC1. The van der Waals surface area contributed by atoms with Crippen LogP contribution in [0, 0.1) is 35.3 Å². The molecule has 0 aliphatic heterocycles. The van der Waals surface area contributed by atoms with Crippen LogP contribution >= 0.6 is 0 Å². The molecule has 0 saturated heterocycles. The molecule has 0 bridgehead atoms. The lowest BCUT2D eigenvalue weighted by molar-refractivity contribution is -0.142. The van der Waals surface area contributed by atoms with Crippen LogP contribution in [0.3, 0.4) is 0 Å². The number of allylic oxidation sites excluding steroid dienone is 2. The van der Waals surface area contributed by atoms with Crippen molar-refractivity contribution in [3.63, 3.8) is 0 Å². The second-order valence-corrected chi connectivity index (χ2v) is 10.1. The van der Waals surface area contributed by atoms with E-state index >= 15 is 0 Å². The van der Waals surface area contributed by atoms with Gasteiger partial charge in [-0.1, -0.05) is 51.5 Å². The molecule has 0 nitrogen and oxygen atoms in total. The van der Waals surface area contributed by atoms with Crippen molar-refractivity contribution in [2.24, 2.45) is 23.7 Å². The van der Waals surface area contributed by atoms with Crippen LogP contribution in [0.2, 0.25) is 0 Å². The highest BCUT2D eigenvalue weighted by atomic mass is 19.4. The topological polar surface area (TPSA) is 0 Å². The fourth-order valence-corrected chi connectivity index (χ4v) is 6.03. The van der Waals surface area contributed by atoms with E-state index in [1.54, 1.807) is 6.92 Å². The molecule has 0 heterocycles. The Hall–Kier alpha value is -1.39. The molecule has 0 atom stereocenters. The zero-order valence-corrected chi connectivity index (χ0v) is 19.4. The summed E-state index contributed by atoms with van der Waals surface area (Å²) in [5, 5.41) is 0. The van der Waals surface area contributed by atoms with Crippen LogP contribution in [-0.4, -0.2) is 0 Å². The Morgan fingerprint density at radius 3 is 1.75 bits per heavy atom. The molecular weight excluding hydrogens is 419 g/mol. The predicted molar refractivity (Wildman–Crippen MR) is 120 cm³/mol. The van der Waals surface area contributed by atoms with E-state index < -0.39 is 23.4 Å². The van der Waals surface area contributed by atoms with E-state index in [1.807, 2.05) is 6.08 Å². The van der Waals surface area contributed by atoms with E-state index in [4.69, 9.17) is 0 Å². The van der Waals surface area contributed by atoms with Gasteiger partial charge in [-0.25, -0.2) is 8.78 Å². The molecule has 2 saturated carbocycles. The predicted octanol–water partition coefficient (Wildman–Crippen LogP) is 9.58. The van der Waals surface area contributed by atoms with Gasteiger partial charge in [-0.3, -0.25) is 0 Å². The van der Waals surface area contributed by atoms with Crippen molar-refractivity contribution in [1.29, 1.82) is 0 Å². The largest absolute Gasteiger partial charge is 0.422 e. The summed E-state index contributed by atoms with van der Waals surface area (Å²) in [6, 6.07) is 1.58. The maximum atomic E-state index is 13.8. The molecule has 0 amide bonds. The molecule has 3 rings (SSSR count). The Kier molecular flexibility index (Phi) is 8.80. The van der Waals surface area contributed by atoms with E-state index in [1.165, 1.54) is 64.2 Å². The minimum absolute atomic E-state index is 0.176. The summed E-state index contributed by atoms with van der Waals surface area (Å²) in [6.45, 7) is 3.98. The molecule has 2 fully saturated rings. The third-order valence-corrected chi connectivity index (χ3v) is 7.95. The van der Waals surface area contributed by atoms with Gasteiger partial charge in [0, 0.05) is 0 Å². The number of hydrogen-bond donors (Lipinski definition) is 0. The summed E-state index contributed by atoms with van der Waals surface area (Å²) in [5.41, 5.74) is -1.02. The van der Waals surface area contributed by atoms with Crippen LogP contribution < -0.4 is 0 Å². The number of alkyl halides is 3. The van der Waals surface area contributed by atoms with E-state index in [-0.39, 0.29) is 5.56 Å². The van der Waals surface area contributed by atoms with Gasteiger partial charge in [0.15, 0.2) is 0 Å². The molecule has 0 spiro atoms. The molecule has 5 heteroatoms. The third-order valence-electron chi connectivity index (χ3n) is 7.95. The van der Waals surface area contributed by atoms with Crippen molar-refractivity contribution in [2.45, 2.75) is 97.1 Å². The summed E-state index contributed by atoms with van der Waals surface area (Å²) in [5.74, 6) is 0.312. The summed E-state index contributed by atoms with van der Waals surface area (Å²) < 4.78 is 65.9. The number of rotatable bonds is 7. The van der Waals surface area contributed by atoms with Gasteiger partial charge in [-0.15, -0.1) is 0 Å². The quantitative estimate of drug-likeness (QED) is 0.358. The average Bonchev–Trinajstić information content (AvgIpc) is 2.73. The normalized spacial score (nSPS) is 27.5. The highest BCUT2D eigenvalue weighted by Crippen LogP contribution is 2.43. The first-order valence-corrected chi connectivity index (χ1v) is 12.4. The maximum Gasteiger partial charge on any atom is 0.422 e. The average molecular weight is 457 g/mol. The molecule has 2 aliphatic carbocycles. The Morgan fingerprint density at radius 1 is 0.844 bits per heavy atom. The smallest absolute Gasteiger partial charge is 0.206 e. The second kappa shape index (κ2) is 11.2. The zero-order valence-electron chi connectivity index (χ0n) is 19.4.